The second-order valence-electron chi connectivity index (χ2n) is 4.03. The molecule has 2 N–H and O–H groups in total. The van der Waals surface area contributed by atoms with Crippen molar-refractivity contribution in [1.29, 1.82) is 0 Å². The average Bonchev–Trinajstić information content (AvgIpc) is 2.29. The van der Waals surface area contributed by atoms with Crippen LogP contribution in [0.15, 0.2) is 18.2 Å². The number of hydrogen-bond donors (Lipinski definition) is 1. The topological polar surface area (TPSA) is 51.4 Å². The highest BCUT2D eigenvalue weighted by Crippen LogP contribution is 2.14. The summed E-state index contributed by atoms with van der Waals surface area (Å²) in [7, 11) is 1.69. The van der Waals surface area contributed by atoms with Gasteiger partial charge in [0.1, 0.15) is 10.8 Å². The van der Waals surface area contributed by atoms with Crippen molar-refractivity contribution in [3.8, 4) is 0 Å². The summed E-state index contributed by atoms with van der Waals surface area (Å²) in [5, 5.41) is 0. The van der Waals surface area contributed by atoms with E-state index in [-0.39, 0.29) is 0 Å². The minimum Gasteiger partial charge on any atom is -0.388 e. The monoisotopic (exact) mass is 253 g/mol. The van der Waals surface area contributed by atoms with Crippen molar-refractivity contribution in [3.63, 3.8) is 0 Å². The number of anilines is 1. The zero-order chi connectivity index (χ0) is 12.8. The Morgan fingerprint density at radius 1 is 1.53 bits per heavy atom. The van der Waals surface area contributed by atoms with Gasteiger partial charge in [-0.2, -0.15) is 0 Å². The molecule has 0 aliphatic rings. The fourth-order valence-corrected chi connectivity index (χ4v) is 1.66. The highest BCUT2D eigenvalue weighted by molar-refractivity contribution is 7.80. The van der Waals surface area contributed by atoms with Gasteiger partial charge in [0.25, 0.3) is 0 Å². The number of hydrogen-bond acceptors (Lipinski definition) is 4. The van der Waals surface area contributed by atoms with Gasteiger partial charge in [0, 0.05) is 19.7 Å². The van der Waals surface area contributed by atoms with E-state index in [0.717, 1.165) is 12.4 Å². The quantitative estimate of drug-likeness (QED) is 0.780. The minimum absolute atomic E-state index is 0.322. The van der Waals surface area contributed by atoms with E-state index in [9.17, 15) is 0 Å². The Bertz CT molecular complexity index is 382. The molecular formula is C12H19N3OS. The van der Waals surface area contributed by atoms with Crippen LogP contribution in [0.25, 0.3) is 0 Å². The molecule has 0 radical (unpaired) electrons. The number of thiocarbonyl (C=S) groups is 1. The standard InChI is InChI=1S/C12H19N3OS/c1-9(2)15(7-8-16-3)11-6-4-5-10(14-11)12(13)17/h4-6,9H,7-8H2,1-3H3,(H2,13,17). The second-order valence-corrected chi connectivity index (χ2v) is 4.47. The zero-order valence-electron chi connectivity index (χ0n) is 10.5. The summed E-state index contributed by atoms with van der Waals surface area (Å²) in [6, 6.07) is 6.04. The fourth-order valence-electron chi connectivity index (χ4n) is 1.55. The molecule has 0 fully saturated rings. The summed E-state index contributed by atoms with van der Waals surface area (Å²) >= 11 is 4.93. The Morgan fingerprint density at radius 3 is 2.76 bits per heavy atom. The van der Waals surface area contributed by atoms with Gasteiger partial charge >= 0.3 is 0 Å². The number of rotatable bonds is 6. The maximum Gasteiger partial charge on any atom is 0.129 e. The van der Waals surface area contributed by atoms with Crippen LogP contribution in [0.2, 0.25) is 0 Å². The molecule has 1 aromatic heterocycles. The normalized spacial score (nSPS) is 10.6. The third kappa shape index (κ3) is 3.94. The highest BCUT2D eigenvalue weighted by atomic mass is 32.1. The predicted octanol–water partition coefficient (Wildman–Crippen LogP) is 1.58. The van der Waals surface area contributed by atoms with E-state index >= 15 is 0 Å². The Labute approximate surface area is 108 Å². The van der Waals surface area contributed by atoms with Gasteiger partial charge < -0.3 is 15.4 Å². The Morgan fingerprint density at radius 2 is 2.24 bits per heavy atom. The van der Waals surface area contributed by atoms with Crippen LogP contribution >= 0.6 is 12.2 Å². The predicted molar refractivity (Wildman–Crippen MR) is 74.5 cm³/mol. The smallest absolute Gasteiger partial charge is 0.129 e. The molecule has 5 heteroatoms. The van der Waals surface area contributed by atoms with Crippen LogP contribution in [0.4, 0.5) is 5.82 Å². The average molecular weight is 253 g/mol. The van der Waals surface area contributed by atoms with Crippen LogP contribution in [-0.4, -0.2) is 36.3 Å². The van der Waals surface area contributed by atoms with E-state index in [2.05, 4.69) is 23.7 Å². The van der Waals surface area contributed by atoms with Crippen molar-refractivity contribution in [1.82, 2.24) is 4.98 Å². The van der Waals surface area contributed by atoms with Gasteiger partial charge in [0.2, 0.25) is 0 Å². The molecule has 0 aliphatic heterocycles. The lowest BCUT2D eigenvalue weighted by atomic mass is 10.3. The van der Waals surface area contributed by atoms with E-state index < -0.39 is 0 Å². The molecule has 0 saturated carbocycles. The van der Waals surface area contributed by atoms with Crippen molar-refractivity contribution in [2.45, 2.75) is 19.9 Å². The van der Waals surface area contributed by atoms with E-state index in [4.69, 9.17) is 22.7 Å². The van der Waals surface area contributed by atoms with Crippen LogP contribution < -0.4 is 10.6 Å². The SMILES string of the molecule is COCCN(c1cccc(C(N)=S)n1)C(C)C. The van der Waals surface area contributed by atoms with E-state index in [0.29, 0.717) is 23.3 Å². The molecule has 0 bridgehead atoms. The van der Waals surface area contributed by atoms with Gasteiger partial charge in [0.15, 0.2) is 0 Å². The van der Waals surface area contributed by atoms with Gasteiger partial charge in [-0.05, 0) is 26.0 Å². The van der Waals surface area contributed by atoms with Crippen molar-refractivity contribution in [2.24, 2.45) is 5.73 Å². The van der Waals surface area contributed by atoms with Gasteiger partial charge in [-0.1, -0.05) is 18.3 Å². The number of nitrogens with two attached hydrogens (primary N) is 1. The summed E-state index contributed by atoms with van der Waals surface area (Å²) in [5.74, 6) is 0.877. The summed E-state index contributed by atoms with van der Waals surface area (Å²) < 4.78 is 5.10. The number of methoxy groups -OCH3 is 1. The fraction of sp³-hybridized carbons (Fsp3) is 0.500. The number of ether oxygens (including phenoxy) is 1. The maximum absolute atomic E-state index is 5.58. The molecule has 1 rings (SSSR count). The summed E-state index contributed by atoms with van der Waals surface area (Å²) in [4.78, 5) is 6.93. The first-order valence-corrected chi connectivity index (χ1v) is 5.99. The molecular weight excluding hydrogens is 234 g/mol. The van der Waals surface area contributed by atoms with E-state index in [1.807, 2.05) is 18.2 Å². The molecule has 0 amide bonds. The van der Waals surface area contributed by atoms with Crippen LogP contribution in [-0.2, 0) is 4.74 Å². The van der Waals surface area contributed by atoms with Crippen molar-refractivity contribution in [3.05, 3.63) is 23.9 Å². The van der Waals surface area contributed by atoms with E-state index in [1.54, 1.807) is 7.11 Å². The molecule has 0 aliphatic carbocycles. The maximum atomic E-state index is 5.58. The Kier molecular flexibility index (Phi) is 5.31. The number of aromatic nitrogens is 1. The molecule has 0 atom stereocenters. The first kappa shape index (κ1) is 13.9. The van der Waals surface area contributed by atoms with Crippen LogP contribution in [0.1, 0.15) is 19.5 Å². The molecule has 4 nitrogen and oxygen atoms in total. The Balaban J connectivity index is 2.93. The van der Waals surface area contributed by atoms with Crippen LogP contribution in [0.5, 0.6) is 0 Å². The van der Waals surface area contributed by atoms with Crippen molar-refractivity contribution in [2.75, 3.05) is 25.2 Å². The first-order chi connectivity index (χ1) is 8.06. The molecule has 0 unspecified atom stereocenters. The number of nitrogens with zero attached hydrogens (tertiary/aromatic N) is 2. The summed E-state index contributed by atoms with van der Waals surface area (Å²) in [5.41, 5.74) is 6.24. The van der Waals surface area contributed by atoms with Crippen molar-refractivity contribution >= 4 is 23.0 Å². The third-order valence-corrected chi connectivity index (χ3v) is 2.65. The molecule has 17 heavy (non-hydrogen) atoms. The van der Waals surface area contributed by atoms with Crippen LogP contribution in [0, 0.1) is 0 Å². The molecule has 94 valence electrons. The van der Waals surface area contributed by atoms with Gasteiger partial charge in [-0.3, -0.25) is 0 Å². The second kappa shape index (κ2) is 6.51. The van der Waals surface area contributed by atoms with E-state index in [1.165, 1.54) is 0 Å². The zero-order valence-corrected chi connectivity index (χ0v) is 11.3. The summed E-state index contributed by atoms with van der Waals surface area (Å²) in [6.45, 7) is 5.69. The lowest BCUT2D eigenvalue weighted by Crippen LogP contribution is -2.34. The van der Waals surface area contributed by atoms with Crippen LogP contribution in [0.3, 0.4) is 0 Å². The highest BCUT2D eigenvalue weighted by Gasteiger charge is 2.12. The lowest BCUT2D eigenvalue weighted by Gasteiger charge is -2.27. The molecule has 0 aromatic carbocycles. The molecule has 0 spiro atoms. The lowest BCUT2D eigenvalue weighted by molar-refractivity contribution is 0.203. The summed E-state index contributed by atoms with van der Waals surface area (Å²) in [6.07, 6.45) is 0. The van der Waals surface area contributed by atoms with Gasteiger partial charge in [-0.15, -0.1) is 0 Å². The van der Waals surface area contributed by atoms with Crippen molar-refractivity contribution < 1.29 is 4.74 Å². The molecule has 1 aromatic rings. The largest absolute Gasteiger partial charge is 0.388 e. The minimum atomic E-state index is 0.322. The Hall–Kier alpha value is -1.20. The first-order valence-electron chi connectivity index (χ1n) is 5.58. The van der Waals surface area contributed by atoms with Gasteiger partial charge in [0.05, 0.1) is 12.3 Å². The molecule has 1 heterocycles. The third-order valence-electron chi connectivity index (χ3n) is 2.44. The number of pyridine rings is 1. The molecule has 0 saturated heterocycles. The van der Waals surface area contributed by atoms with Gasteiger partial charge in [-0.25, -0.2) is 4.98 Å².